The van der Waals surface area contributed by atoms with Gasteiger partial charge in [-0.05, 0) is 53.3 Å². The molecule has 3 amide bonds. The summed E-state index contributed by atoms with van der Waals surface area (Å²) in [6, 6.07) is 0.317. The topological polar surface area (TPSA) is 117 Å². The third kappa shape index (κ3) is 9.98. The summed E-state index contributed by atoms with van der Waals surface area (Å²) in [4.78, 5) is 39.1. The summed E-state index contributed by atoms with van der Waals surface area (Å²) in [5.74, 6) is -1.38. The Balaban J connectivity index is 3.30. The Morgan fingerprint density at radius 1 is 1.29 bits per heavy atom. The lowest BCUT2D eigenvalue weighted by atomic mass is 10.0. The lowest BCUT2D eigenvalue weighted by Gasteiger charge is -2.23. The van der Waals surface area contributed by atoms with Gasteiger partial charge >= 0.3 is 6.09 Å². The minimum Gasteiger partial charge on any atom is -0.444 e. The van der Waals surface area contributed by atoms with Gasteiger partial charge in [0.05, 0.1) is 11.6 Å². The van der Waals surface area contributed by atoms with Crippen molar-refractivity contribution in [3.63, 3.8) is 0 Å². The SMILES string of the molecule is CC(C)C[C@H](NC(=O)OC(C)(C)C)C(=O)N=S(=O)(NC(=O)CN(C)C)c1cc(Cl)cs1. The van der Waals surface area contributed by atoms with Crippen molar-refractivity contribution in [3.8, 4) is 0 Å². The molecular weight excluding hydrogens is 464 g/mol. The molecule has 2 atom stereocenters. The Hall–Kier alpha value is -1.69. The first-order valence-electron chi connectivity index (χ1n) is 9.61. The Labute approximate surface area is 193 Å². The van der Waals surface area contributed by atoms with Gasteiger partial charge < -0.3 is 15.0 Å². The standard InChI is InChI=1S/C19H31ClN4O5S2/c1-12(2)8-14(21-18(27)29-19(3,4)5)17(26)23-31(28,16-9-13(20)11-30-16)22-15(25)10-24(6)7/h9,11-12,14H,8,10H2,1-7H3,(H,21,27)(H,22,23,25,26,28)/t14-,31?/m0/s1. The molecule has 0 bridgehead atoms. The first kappa shape index (κ1) is 27.3. The maximum absolute atomic E-state index is 13.6. The number of nitrogens with zero attached hydrogens (tertiary/aromatic N) is 2. The lowest BCUT2D eigenvalue weighted by molar-refractivity contribution is -0.120. The number of thiophene rings is 1. The van der Waals surface area contributed by atoms with E-state index < -0.39 is 39.5 Å². The Morgan fingerprint density at radius 3 is 2.35 bits per heavy atom. The number of nitrogens with one attached hydrogen (secondary N) is 2. The Bertz CT molecular complexity index is 915. The number of carbonyl (C=O) groups is 3. The second kappa shape index (κ2) is 11.3. The quantitative estimate of drug-likeness (QED) is 0.572. The molecule has 0 spiro atoms. The molecule has 1 heterocycles. The Kier molecular flexibility index (Phi) is 9.93. The highest BCUT2D eigenvalue weighted by Gasteiger charge is 2.28. The second-order valence-electron chi connectivity index (χ2n) is 8.63. The van der Waals surface area contributed by atoms with Crippen molar-refractivity contribution in [3.05, 3.63) is 16.5 Å². The van der Waals surface area contributed by atoms with Crippen LogP contribution in [0.5, 0.6) is 0 Å². The summed E-state index contributed by atoms with van der Waals surface area (Å²) >= 11 is 6.96. The summed E-state index contributed by atoms with van der Waals surface area (Å²) in [6.07, 6.45) is -0.544. The highest BCUT2D eigenvalue weighted by Crippen LogP contribution is 2.25. The zero-order valence-electron chi connectivity index (χ0n) is 18.9. The molecule has 0 aliphatic heterocycles. The maximum atomic E-state index is 13.6. The molecule has 0 aromatic carbocycles. The van der Waals surface area contributed by atoms with Crippen LogP contribution in [0.25, 0.3) is 0 Å². The zero-order chi connectivity index (χ0) is 24.0. The number of alkyl carbamates (subject to hydrolysis) is 1. The third-order valence-corrected chi connectivity index (χ3v) is 7.08. The molecule has 1 aromatic rings. The number of rotatable bonds is 8. The van der Waals surface area contributed by atoms with Crippen LogP contribution in [0.2, 0.25) is 5.02 Å². The van der Waals surface area contributed by atoms with Crippen molar-refractivity contribution in [2.75, 3.05) is 20.6 Å². The molecule has 1 unspecified atom stereocenters. The van der Waals surface area contributed by atoms with Gasteiger partial charge in [0.15, 0.2) is 9.92 Å². The summed E-state index contributed by atoms with van der Waals surface area (Å²) in [6.45, 7) is 8.78. The molecule has 0 aliphatic rings. The van der Waals surface area contributed by atoms with Crippen LogP contribution in [0.15, 0.2) is 20.0 Å². The van der Waals surface area contributed by atoms with E-state index in [2.05, 4.69) is 14.4 Å². The number of halogens is 1. The zero-order valence-corrected chi connectivity index (χ0v) is 21.2. The average molecular weight is 495 g/mol. The fourth-order valence-corrected chi connectivity index (χ4v) is 5.41. The van der Waals surface area contributed by atoms with E-state index in [0.717, 1.165) is 11.3 Å². The van der Waals surface area contributed by atoms with E-state index >= 15 is 0 Å². The predicted molar refractivity (Wildman–Crippen MR) is 122 cm³/mol. The lowest BCUT2D eigenvalue weighted by Crippen LogP contribution is -2.44. The van der Waals surface area contributed by atoms with Crippen LogP contribution in [0.4, 0.5) is 4.79 Å². The number of ether oxygens (including phenoxy) is 1. The molecule has 0 saturated heterocycles. The number of amides is 3. The normalized spacial score (nSPS) is 14.6. The smallest absolute Gasteiger partial charge is 0.408 e. The van der Waals surface area contributed by atoms with Gasteiger partial charge in [-0.3, -0.25) is 14.3 Å². The molecule has 31 heavy (non-hydrogen) atoms. The van der Waals surface area contributed by atoms with Crippen LogP contribution in [0.3, 0.4) is 0 Å². The predicted octanol–water partition coefficient (Wildman–Crippen LogP) is 3.29. The number of hydrogen-bond acceptors (Lipinski definition) is 7. The van der Waals surface area contributed by atoms with E-state index in [9.17, 15) is 18.6 Å². The minimum absolute atomic E-state index is 0.0228. The van der Waals surface area contributed by atoms with Gasteiger partial charge in [-0.15, -0.1) is 15.7 Å². The molecule has 0 aliphatic carbocycles. The molecule has 1 aromatic heterocycles. The molecule has 1 rings (SSSR count). The van der Waals surface area contributed by atoms with Crippen molar-refractivity contribution in [1.82, 2.24) is 14.9 Å². The summed E-state index contributed by atoms with van der Waals surface area (Å²) in [5.41, 5.74) is -0.756. The van der Waals surface area contributed by atoms with Gasteiger partial charge in [0, 0.05) is 5.38 Å². The van der Waals surface area contributed by atoms with Crippen molar-refractivity contribution in [2.45, 2.75) is 56.9 Å². The van der Waals surface area contributed by atoms with Crippen molar-refractivity contribution >= 4 is 50.8 Å². The fraction of sp³-hybridized carbons (Fsp3) is 0.632. The van der Waals surface area contributed by atoms with Gasteiger partial charge in [-0.2, -0.15) is 0 Å². The van der Waals surface area contributed by atoms with E-state index in [1.54, 1.807) is 39.8 Å². The summed E-state index contributed by atoms with van der Waals surface area (Å²) in [5, 5.41) is 4.33. The van der Waals surface area contributed by atoms with Crippen LogP contribution in [0, 0.1) is 5.92 Å². The number of carbonyl (C=O) groups excluding carboxylic acids is 3. The van der Waals surface area contributed by atoms with E-state index in [4.69, 9.17) is 16.3 Å². The molecule has 0 saturated carbocycles. The van der Waals surface area contributed by atoms with Gasteiger partial charge in [0.1, 0.15) is 15.9 Å². The van der Waals surface area contributed by atoms with Crippen molar-refractivity contribution < 1.29 is 23.3 Å². The van der Waals surface area contributed by atoms with Crippen LogP contribution in [-0.4, -0.2) is 59.3 Å². The van der Waals surface area contributed by atoms with Gasteiger partial charge in [0.25, 0.3) is 5.91 Å². The second-order valence-corrected chi connectivity index (χ2v) is 12.1. The summed E-state index contributed by atoms with van der Waals surface area (Å²) in [7, 11) is -0.300. The Morgan fingerprint density at radius 2 is 1.90 bits per heavy atom. The van der Waals surface area contributed by atoms with Crippen molar-refractivity contribution in [2.24, 2.45) is 10.3 Å². The highest BCUT2D eigenvalue weighted by atomic mass is 35.5. The largest absolute Gasteiger partial charge is 0.444 e. The summed E-state index contributed by atoms with van der Waals surface area (Å²) < 4.78 is 25.1. The van der Waals surface area contributed by atoms with Gasteiger partial charge in [0.2, 0.25) is 5.91 Å². The molecule has 12 heteroatoms. The monoisotopic (exact) mass is 494 g/mol. The van der Waals surface area contributed by atoms with Crippen LogP contribution < -0.4 is 10.0 Å². The number of likely N-dealkylation sites (N-methyl/N-ethyl adjacent to an activating group) is 1. The molecule has 0 radical (unpaired) electrons. The van der Waals surface area contributed by atoms with E-state index in [1.165, 1.54) is 11.4 Å². The van der Waals surface area contributed by atoms with Gasteiger partial charge in [-0.1, -0.05) is 25.4 Å². The van der Waals surface area contributed by atoms with Crippen LogP contribution >= 0.6 is 22.9 Å². The van der Waals surface area contributed by atoms with Crippen LogP contribution in [0.1, 0.15) is 41.0 Å². The molecular formula is C19H31ClN4O5S2. The van der Waals surface area contributed by atoms with Crippen molar-refractivity contribution in [1.29, 1.82) is 0 Å². The fourth-order valence-electron chi connectivity index (χ4n) is 2.36. The molecule has 9 nitrogen and oxygen atoms in total. The molecule has 0 fully saturated rings. The highest BCUT2D eigenvalue weighted by molar-refractivity contribution is 7.94. The maximum Gasteiger partial charge on any atom is 0.408 e. The van der Waals surface area contributed by atoms with E-state index in [0.29, 0.717) is 5.02 Å². The van der Waals surface area contributed by atoms with Gasteiger partial charge in [-0.25, -0.2) is 9.00 Å². The molecule has 176 valence electrons. The minimum atomic E-state index is -3.65. The number of hydrogen-bond donors (Lipinski definition) is 2. The first-order chi connectivity index (χ1) is 14.1. The molecule has 2 N–H and O–H groups in total. The average Bonchev–Trinajstić information content (AvgIpc) is 2.98. The van der Waals surface area contributed by atoms with E-state index in [1.807, 2.05) is 13.8 Å². The van der Waals surface area contributed by atoms with Crippen LogP contribution in [-0.2, 0) is 24.2 Å². The third-order valence-electron chi connectivity index (χ3n) is 3.44. The van der Waals surface area contributed by atoms with E-state index in [-0.39, 0.29) is 23.1 Å². The first-order valence-corrected chi connectivity index (χ1v) is 12.4.